The van der Waals surface area contributed by atoms with E-state index in [0.29, 0.717) is 0 Å². The number of nitrogens with zero attached hydrogens (tertiary/aromatic N) is 1. The lowest BCUT2D eigenvalue weighted by atomic mass is 10.1. The highest BCUT2D eigenvalue weighted by molar-refractivity contribution is 7.90. The Kier molecular flexibility index (Phi) is 6.34. The average molecular weight is 405 g/mol. The Balaban J connectivity index is 2.76. The van der Waals surface area contributed by atoms with Gasteiger partial charge in [0.15, 0.2) is 16.5 Å². The quantitative estimate of drug-likeness (QED) is 0.573. The van der Waals surface area contributed by atoms with Gasteiger partial charge < -0.3 is 9.47 Å². The smallest absolute Gasteiger partial charge is 0.340 e. The Bertz CT molecular complexity index is 1140. The standard InChI is InChI=1S/C19H13F2NO5S/c1-26-19(23)18-15(4-3-7-20)16(5-6-17(18)28(2,24)25)27-14-9-12(11-22)8-13(21)10-14/h5-6,8-10H,7H2,1-2H3. The Morgan fingerprint density at radius 2 is 1.96 bits per heavy atom. The third-order valence-electron chi connectivity index (χ3n) is 3.43. The number of carbonyl (C=O) groups excluding carboxylic acids is 1. The first kappa shape index (κ1) is 20.9. The minimum absolute atomic E-state index is 0.0210. The van der Waals surface area contributed by atoms with Gasteiger partial charge in [-0.2, -0.15) is 5.26 Å². The molecule has 0 saturated heterocycles. The molecule has 0 aromatic heterocycles. The molecule has 0 unspecified atom stereocenters. The number of hydrogen-bond donors (Lipinski definition) is 0. The first-order chi connectivity index (χ1) is 13.2. The number of rotatable bonds is 4. The van der Waals surface area contributed by atoms with E-state index in [1.807, 2.05) is 0 Å². The molecular weight excluding hydrogens is 392 g/mol. The predicted molar refractivity (Wildman–Crippen MR) is 94.9 cm³/mol. The summed E-state index contributed by atoms with van der Waals surface area (Å²) in [6.07, 6.45) is 0.882. The number of halogens is 2. The second-order valence-corrected chi connectivity index (χ2v) is 7.38. The van der Waals surface area contributed by atoms with Crippen LogP contribution in [-0.2, 0) is 14.6 Å². The maximum Gasteiger partial charge on any atom is 0.340 e. The molecule has 0 fully saturated rings. The topological polar surface area (TPSA) is 93.5 Å². The van der Waals surface area contributed by atoms with E-state index < -0.39 is 33.9 Å². The number of nitriles is 1. The zero-order valence-corrected chi connectivity index (χ0v) is 15.6. The number of methoxy groups -OCH3 is 1. The van der Waals surface area contributed by atoms with Gasteiger partial charge in [0.25, 0.3) is 0 Å². The van der Waals surface area contributed by atoms with Crippen LogP contribution in [0.1, 0.15) is 21.5 Å². The first-order valence-electron chi connectivity index (χ1n) is 7.60. The van der Waals surface area contributed by atoms with Crippen LogP contribution in [-0.4, -0.2) is 34.4 Å². The van der Waals surface area contributed by atoms with Crippen molar-refractivity contribution in [3.8, 4) is 29.4 Å². The Morgan fingerprint density at radius 3 is 2.54 bits per heavy atom. The van der Waals surface area contributed by atoms with Gasteiger partial charge in [0.05, 0.1) is 34.8 Å². The van der Waals surface area contributed by atoms with Crippen molar-refractivity contribution < 1.29 is 31.5 Å². The fourth-order valence-electron chi connectivity index (χ4n) is 2.32. The van der Waals surface area contributed by atoms with Crippen LogP contribution < -0.4 is 4.74 Å². The van der Waals surface area contributed by atoms with Gasteiger partial charge in [0.2, 0.25) is 0 Å². The molecule has 28 heavy (non-hydrogen) atoms. The molecular formula is C19H13F2NO5S. The second-order valence-electron chi connectivity index (χ2n) is 5.40. The monoisotopic (exact) mass is 405 g/mol. The third-order valence-corrected chi connectivity index (χ3v) is 4.57. The summed E-state index contributed by atoms with van der Waals surface area (Å²) in [7, 11) is -2.82. The highest BCUT2D eigenvalue weighted by atomic mass is 32.2. The molecule has 0 radical (unpaired) electrons. The molecule has 0 amide bonds. The van der Waals surface area contributed by atoms with Gasteiger partial charge >= 0.3 is 5.97 Å². The minimum Gasteiger partial charge on any atom is -0.465 e. The van der Waals surface area contributed by atoms with Gasteiger partial charge in [0, 0.05) is 12.3 Å². The number of alkyl halides is 1. The van der Waals surface area contributed by atoms with Crippen LogP contribution in [0.25, 0.3) is 0 Å². The lowest BCUT2D eigenvalue weighted by Crippen LogP contribution is -2.13. The molecule has 0 heterocycles. The number of ether oxygens (including phenoxy) is 2. The lowest BCUT2D eigenvalue weighted by Gasteiger charge is -2.14. The molecule has 6 nitrogen and oxygen atoms in total. The zero-order chi connectivity index (χ0) is 20.9. The molecule has 0 spiro atoms. The third kappa shape index (κ3) is 4.64. The Hall–Kier alpha value is -3.43. The summed E-state index contributed by atoms with van der Waals surface area (Å²) in [5.74, 6) is 2.45. The molecule has 2 aromatic rings. The summed E-state index contributed by atoms with van der Waals surface area (Å²) >= 11 is 0. The van der Waals surface area contributed by atoms with E-state index in [0.717, 1.165) is 31.6 Å². The number of esters is 1. The molecule has 144 valence electrons. The highest BCUT2D eigenvalue weighted by Crippen LogP contribution is 2.32. The van der Waals surface area contributed by atoms with Gasteiger partial charge in [-0.3, -0.25) is 0 Å². The van der Waals surface area contributed by atoms with E-state index in [4.69, 9.17) is 10.00 Å². The molecule has 9 heteroatoms. The summed E-state index contributed by atoms with van der Waals surface area (Å²) in [6, 6.07) is 7.26. The largest absolute Gasteiger partial charge is 0.465 e. The van der Waals surface area contributed by atoms with E-state index >= 15 is 0 Å². The van der Waals surface area contributed by atoms with Crippen LogP contribution in [0.5, 0.6) is 11.5 Å². The molecule has 0 aliphatic heterocycles. The molecule has 0 atom stereocenters. The van der Waals surface area contributed by atoms with Crippen LogP contribution in [0.2, 0.25) is 0 Å². The molecule has 0 N–H and O–H groups in total. The van der Waals surface area contributed by atoms with Gasteiger partial charge in [-0.25, -0.2) is 22.0 Å². The van der Waals surface area contributed by atoms with Gasteiger partial charge in [0.1, 0.15) is 17.3 Å². The predicted octanol–water partition coefficient (Wildman–Crippen LogP) is 3.00. The Labute approximate surface area is 160 Å². The number of sulfone groups is 1. The molecule has 0 aliphatic rings. The van der Waals surface area contributed by atoms with E-state index in [-0.39, 0.29) is 27.5 Å². The van der Waals surface area contributed by atoms with Crippen molar-refractivity contribution >= 4 is 15.8 Å². The van der Waals surface area contributed by atoms with Gasteiger partial charge in [-0.15, -0.1) is 0 Å². The zero-order valence-electron chi connectivity index (χ0n) is 14.7. The number of hydrogen-bond acceptors (Lipinski definition) is 6. The van der Waals surface area contributed by atoms with E-state index in [1.165, 1.54) is 12.1 Å². The minimum atomic E-state index is -3.86. The van der Waals surface area contributed by atoms with E-state index in [9.17, 15) is 22.0 Å². The fourth-order valence-corrected chi connectivity index (χ4v) is 3.19. The lowest BCUT2D eigenvalue weighted by molar-refractivity contribution is 0.0595. The van der Waals surface area contributed by atoms with Crippen molar-refractivity contribution in [3.05, 3.63) is 52.8 Å². The van der Waals surface area contributed by atoms with Crippen LogP contribution in [0.4, 0.5) is 8.78 Å². The molecule has 0 bridgehead atoms. The van der Waals surface area contributed by atoms with Crippen molar-refractivity contribution in [2.24, 2.45) is 0 Å². The summed E-state index contributed by atoms with van der Waals surface area (Å²) in [5, 5.41) is 8.93. The molecule has 0 aliphatic carbocycles. The molecule has 2 rings (SSSR count). The summed E-state index contributed by atoms with van der Waals surface area (Å²) < 4.78 is 60.5. The van der Waals surface area contributed by atoms with Crippen molar-refractivity contribution in [1.82, 2.24) is 0 Å². The fraction of sp³-hybridized carbons (Fsp3) is 0.158. The SMILES string of the molecule is COC(=O)c1c(S(C)(=O)=O)ccc(Oc2cc(F)cc(C#N)c2)c1C#CCF. The van der Waals surface area contributed by atoms with E-state index in [1.54, 1.807) is 6.07 Å². The van der Waals surface area contributed by atoms with Gasteiger partial charge in [-0.1, -0.05) is 11.8 Å². The number of carbonyl (C=O) groups is 1. The number of benzene rings is 2. The van der Waals surface area contributed by atoms with Crippen molar-refractivity contribution in [3.63, 3.8) is 0 Å². The average Bonchev–Trinajstić information content (AvgIpc) is 2.64. The first-order valence-corrected chi connectivity index (χ1v) is 9.49. The maximum atomic E-state index is 13.6. The summed E-state index contributed by atoms with van der Waals surface area (Å²) in [5.41, 5.74) is -0.692. The summed E-state index contributed by atoms with van der Waals surface area (Å²) in [6.45, 7) is -1.07. The van der Waals surface area contributed by atoms with Crippen molar-refractivity contribution in [1.29, 1.82) is 5.26 Å². The molecule has 0 saturated carbocycles. The van der Waals surface area contributed by atoms with Crippen molar-refractivity contribution in [2.45, 2.75) is 4.90 Å². The summed E-state index contributed by atoms with van der Waals surface area (Å²) in [4.78, 5) is 11.8. The molecule has 2 aromatic carbocycles. The van der Waals surface area contributed by atoms with Crippen LogP contribution in [0, 0.1) is 29.0 Å². The maximum absolute atomic E-state index is 13.6. The highest BCUT2D eigenvalue weighted by Gasteiger charge is 2.26. The van der Waals surface area contributed by atoms with Gasteiger partial charge in [-0.05, 0) is 24.3 Å². The van der Waals surface area contributed by atoms with E-state index in [2.05, 4.69) is 16.6 Å². The van der Waals surface area contributed by atoms with Crippen LogP contribution >= 0.6 is 0 Å². The normalized spacial score (nSPS) is 10.4. The Morgan fingerprint density at radius 1 is 1.25 bits per heavy atom. The van der Waals surface area contributed by atoms with Crippen LogP contribution in [0.3, 0.4) is 0 Å². The second kappa shape index (κ2) is 8.51. The van der Waals surface area contributed by atoms with Crippen molar-refractivity contribution in [2.75, 3.05) is 20.0 Å². The van der Waals surface area contributed by atoms with Crippen LogP contribution in [0.15, 0.2) is 35.2 Å².